The fourth-order valence-electron chi connectivity index (χ4n) is 1.91. The van der Waals surface area contributed by atoms with Gasteiger partial charge in [0, 0.05) is 12.2 Å². The second-order valence-electron chi connectivity index (χ2n) is 4.39. The molecule has 0 spiro atoms. The Bertz CT molecular complexity index is 500. The molecule has 0 radical (unpaired) electrons. The number of hydrogen-bond acceptors (Lipinski definition) is 3. The van der Waals surface area contributed by atoms with Gasteiger partial charge >= 0.3 is 0 Å². The predicted molar refractivity (Wildman–Crippen MR) is 61.3 cm³/mol. The minimum atomic E-state index is -3.85. The van der Waals surface area contributed by atoms with Gasteiger partial charge < -0.3 is 0 Å². The molecule has 94 valence electrons. The highest BCUT2D eigenvalue weighted by molar-refractivity contribution is 7.89. The Morgan fingerprint density at radius 3 is 2.76 bits per heavy atom. The van der Waals surface area contributed by atoms with E-state index < -0.39 is 20.9 Å². The summed E-state index contributed by atoms with van der Waals surface area (Å²) in [6, 6.07) is 2.29. The monoisotopic (exact) mass is 258 g/mol. The zero-order valence-electron chi connectivity index (χ0n) is 9.56. The second kappa shape index (κ2) is 4.70. The van der Waals surface area contributed by atoms with Crippen LogP contribution in [-0.4, -0.2) is 19.4 Å². The van der Waals surface area contributed by atoms with Crippen molar-refractivity contribution >= 4 is 10.0 Å². The second-order valence-corrected chi connectivity index (χ2v) is 6.02. The largest absolute Gasteiger partial charge is 0.261 e. The maximum absolute atomic E-state index is 13.4. The van der Waals surface area contributed by atoms with Crippen LogP contribution in [-0.2, 0) is 10.0 Å². The molecule has 1 saturated carbocycles. The van der Waals surface area contributed by atoms with Crippen LogP contribution in [0.3, 0.4) is 0 Å². The number of nitrogens with one attached hydrogen (secondary N) is 1. The molecular weight excluding hydrogens is 243 g/mol. The van der Waals surface area contributed by atoms with Gasteiger partial charge in [0.05, 0.1) is 0 Å². The number of halogens is 1. The van der Waals surface area contributed by atoms with Crippen molar-refractivity contribution in [3.8, 4) is 0 Å². The maximum Gasteiger partial charge on any atom is 0.261 e. The van der Waals surface area contributed by atoms with E-state index in [4.69, 9.17) is 0 Å². The van der Waals surface area contributed by atoms with Crippen molar-refractivity contribution < 1.29 is 12.8 Å². The van der Waals surface area contributed by atoms with Gasteiger partial charge in [0.25, 0.3) is 10.0 Å². The highest BCUT2D eigenvalue weighted by Gasteiger charge is 2.29. The summed E-state index contributed by atoms with van der Waals surface area (Å²) < 4.78 is 39.6. The van der Waals surface area contributed by atoms with Gasteiger partial charge in [-0.05, 0) is 37.8 Å². The molecule has 2 rings (SSSR count). The van der Waals surface area contributed by atoms with E-state index in [1.165, 1.54) is 12.3 Å². The average molecular weight is 258 g/mol. The number of rotatable bonds is 4. The summed E-state index contributed by atoms with van der Waals surface area (Å²) in [5.74, 6) is -0.461. The van der Waals surface area contributed by atoms with E-state index in [2.05, 4.69) is 9.71 Å². The number of nitrogens with zero attached hydrogens (tertiary/aromatic N) is 1. The van der Waals surface area contributed by atoms with E-state index in [-0.39, 0.29) is 6.04 Å². The molecule has 1 N–H and O–H groups in total. The smallest absolute Gasteiger partial charge is 0.241 e. The van der Waals surface area contributed by atoms with Gasteiger partial charge in [0.1, 0.15) is 0 Å². The zero-order valence-corrected chi connectivity index (χ0v) is 10.4. The zero-order chi connectivity index (χ0) is 12.5. The van der Waals surface area contributed by atoms with Crippen LogP contribution in [0, 0.1) is 11.7 Å². The molecule has 6 heteroatoms. The Balaban J connectivity index is 2.16. The van der Waals surface area contributed by atoms with E-state index in [9.17, 15) is 12.8 Å². The summed E-state index contributed by atoms with van der Waals surface area (Å²) in [7, 11) is -3.85. The number of hydrogen-bond donors (Lipinski definition) is 1. The van der Waals surface area contributed by atoms with E-state index in [0.717, 1.165) is 25.3 Å². The summed E-state index contributed by atoms with van der Waals surface area (Å²) in [6.07, 6.45) is 4.45. The molecular formula is C11H15FN2O2S. The molecule has 17 heavy (non-hydrogen) atoms. The lowest BCUT2D eigenvalue weighted by atomic mass is 9.81. The molecule has 1 aliphatic carbocycles. The molecule has 0 saturated heterocycles. The van der Waals surface area contributed by atoms with Crippen LogP contribution in [0.1, 0.15) is 26.2 Å². The Morgan fingerprint density at radius 1 is 1.53 bits per heavy atom. The first kappa shape index (κ1) is 12.4. The molecule has 1 aromatic heterocycles. The quantitative estimate of drug-likeness (QED) is 0.894. The molecule has 1 unspecified atom stereocenters. The molecule has 1 atom stereocenters. The summed E-state index contributed by atoms with van der Waals surface area (Å²) in [5, 5.41) is -0.522. The number of aromatic nitrogens is 1. The van der Waals surface area contributed by atoms with Crippen LogP contribution in [0.25, 0.3) is 0 Å². The molecule has 0 bridgehead atoms. The molecule has 1 aromatic rings. The van der Waals surface area contributed by atoms with Crippen molar-refractivity contribution in [3.05, 3.63) is 24.1 Å². The van der Waals surface area contributed by atoms with Crippen molar-refractivity contribution in [2.24, 2.45) is 5.92 Å². The van der Waals surface area contributed by atoms with E-state index in [1.807, 2.05) is 6.92 Å². The van der Waals surface area contributed by atoms with Crippen LogP contribution < -0.4 is 4.72 Å². The summed E-state index contributed by atoms with van der Waals surface area (Å²) in [6.45, 7) is 1.81. The normalized spacial score (nSPS) is 18.7. The third-order valence-electron chi connectivity index (χ3n) is 3.18. The molecule has 1 heterocycles. The van der Waals surface area contributed by atoms with E-state index >= 15 is 0 Å². The van der Waals surface area contributed by atoms with Crippen molar-refractivity contribution in [2.45, 2.75) is 37.3 Å². The van der Waals surface area contributed by atoms with Crippen LogP contribution in [0.15, 0.2) is 23.4 Å². The van der Waals surface area contributed by atoms with Crippen LogP contribution in [0.2, 0.25) is 0 Å². The number of sulfonamides is 1. The minimum Gasteiger partial charge on any atom is -0.241 e. The summed E-state index contributed by atoms with van der Waals surface area (Å²) in [4.78, 5) is 3.58. The van der Waals surface area contributed by atoms with Gasteiger partial charge in [-0.15, -0.1) is 0 Å². The van der Waals surface area contributed by atoms with Gasteiger partial charge in [-0.3, -0.25) is 0 Å². The first-order valence-electron chi connectivity index (χ1n) is 5.63. The molecule has 0 amide bonds. The van der Waals surface area contributed by atoms with Gasteiger partial charge in [0.2, 0.25) is 5.03 Å². The highest BCUT2D eigenvalue weighted by Crippen LogP contribution is 2.30. The fourth-order valence-corrected chi connectivity index (χ4v) is 3.22. The van der Waals surface area contributed by atoms with Crippen LogP contribution >= 0.6 is 0 Å². The molecule has 4 nitrogen and oxygen atoms in total. The van der Waals surface area contributed by atoms with Gasteiger partial charge in [-0.25, -0.2) is 22.5 Å². The molecule has 1 fully saturated rings. The van der Waals surface area contributed by atoms with Crippen LogP contribution in [0.5, 0.6) is 0 Å². The molecule has 0 aromatic carbocycles. The van der Waals surface area contributed by atoms with Crippen LogP contribution in [0.4, 0.5) is 4.39 Å². The van der Waals surface area contributed by atoms with E-state index in [0.29, 0.717) is 5.92 Å². The minimum absolute atomic E-state index is 0.171. The predicted octanol–water partition coefficient (Wildman–Crippen LogP) is 1.69. The fraction of sp³-hybridized carbons (Fsp3) is 0.545. The van der Waals surface area contributed by atoms with Crippen molar-refractivity contribution in [2.75, 3.05) is 0 Å². The molecule has 1 aliphatic rings. The van der Waals surface area contributed by atoms with Crippen molar-refractivity contribution in [1.29, 1.82) is 0 Å². The molecule has 0 aliphatic heterocycles. The van der Waals surface area contributed by atoms with Gasteiger partial charge in [-0.2, -0.15) is 0 Å². The third-order valence-corrected chi connectivity index (χ3v) is 4.67. The maximum atomic E-state index is 13.4. The van der Waals surface area contributed by atoms with Crippen molar-refractivity contribution in [3.63, 3.8) is 0 Å². The summed E-state index contributed by atoms with van der Waals surface area (Å²) in [5.41, 5.74) is 0. The van der Waals surface area contributed by atoms with Gasteiger partial charge in [0.15, 0.2) is 5.82 Å². The third kappa shape index (κ3) is 2.63. The Hall–Kier alpha value is -1.01. The highest BCUT2D eigenvalue weighted by atomic mass is 32.2. The topological polar surface area (TPSA) is 59.1 Å². The number of pyridine rings is 1. The lowest BCUT2D eigenvalue weighted by molar-refractivity contribution is 0.260. The Kier molecular flexibility index (Phi) is 3.44. The lowest BCUT2D eigenvalue weighted by Crippen LogP contribution is -2.41. The van der Waals surface area contributed by atoms with E-state index in [1.54, 1.807) is 0 Å². The van der Waals surface area contributed by atoms with Crippen molar-refractivity contribution in [1.82, 2.24) is 9.71 Å². The Morgan fingerprint density at radius 2 is 2.24 bits per heavy atom. The SMILES string of the molecule is CC(NS(=O)(=O)c1ncccc1F)C1CCC1. The first-order valence-corrected chi connectivity index (χ1v) is 7.12. The lowest BCUT2D eigenvalue weighted by Gasteiger charge is -2.31. The summed E-state index contributed by atoms with van der Waals surface area (Å²) >= 11 is 0. The first-order chi connectivity index (χ1) is 8.00. The van der Waals surface area contributed by atoms with Gasteiger partial charge in [-0.1, -0.05) is 6.42 Å². The Labute approximate surface area is 100 Å². The average Bonchev–Trinajstić information content (AvgIpc) is 2.13. The standard InChI is InChI=1S/C11H15FN2O2S/c1-8(9-4-2-5-9)14-17(15,16)11-10(12)6-3-7-13-11/h3,6-9,14H,2,4-5H2,1H3.